The molecule has 0 aliphatic heterocycles. The van der Waals surface area contributed by atoms with Gasteiger partial charge in [-0.25, -0.2) is 4.79 Å². The van der Waals surface area contributed by atoms with E-state index in [0.29, 0.717) is 17.9 Å². The minimum atomic E-state index is -0.838. The Morgan fingerprint density at radius 3 is 2.68 bits per heavy atom. The standard InChI is InChI=1S/C13H18N2O4/c1-3-14-13(18)15-12(17)9(2)19-11-7-5-4-6-10(11)8-16/h4-7,9,16H,3,8H2,1-2H3,(H2,14,15,17,18). The number of carbonyl (C=O) groups excluding carboxylic acids is 2. The van der Waals surface area contributed by atoms with Gasteiger partial charge < -0.3 is 15.2 Å². The van der Waals surface area contributed by atoms with E-state index in [1.165, 1.54) is 6.92 Å². The molecule has 1 atom stereocenters. The van der Waals surface area contributed by atoms with Gasteiger partial charge in [-0.2, -0.15) is 0 Å². The average molecular weight is 266 g/mol. The number of imide groups is 1. The predicted octanol–water partition coefficient (Wildman–Crippen LogP) is 0.792. The molecule has 1 aromatic rings. The molecule has 0 spiro atoms. The second kappa shape index (κ2) is 7.38. The second-order valence-electron chi connectivity index (χ2n) is 3.87. The number of aliphatic hydroxyl groups is 1. The molecule has 0 saturated heterocycles. The summed E-state index contributed by atoms with van der Waals surface area (Å²) in [6.45, 7) is 3.53. The second-order valence-corrected chi connectivity index (χ2v) is 3.87. The first kappa shape index (κ1) is 15.0. The van der Waals surface area contributed by atoms with Gasteiger partial charge in [0, 0.05) is 12.1 Å². The van der Waals surface area contributed by atoms with E-state index in [2.05, 4.69) is 10.6 Å². The lowest BCUT2D eigenvalue weighted by Crippen LogP contribution is -2.45. The molecular formula is C13H18N2O4. The van der Waals surface area contributed by atoms with E-state index in [1.54, 1.807) is 31.2 Å². The molecule has 1 rings (SSSR count). The zero-order valence-corrected chi connectivity index (χ0v) is 11.0. The Hall–Kier alpha value is -2.08. The van der Waals surface area contributed by atoms with Gasteiger partial charge in [-0.05, 0) is 19.9 Å². The molecule has 104 valence electrons. The van der Waals surface area contributed by atoms with Crippen LogP contribution in [0.5, 0.6) is 5.75 Å². The van der Waals surface area contributed by atoms with Crippen LogP contribution in [0.25, 0.3) is 0 Å². The van der Waals surface area contributed by atoms with Gasteiger partial charge in [0.1, 0.15) is 5.75 Å². The third-order valence-corrected chi connectivity index (χ3v) is 2.39. The smallest absolute Gasteiger partial charge is 0.321 e. The Bertz CT molecular complexity index is 448. The lowest BCUT2D eigenvalue weighted by Gasteiger charge is -2.16. The van der Waals surface area contributed by atoms with E-state index in [-0.39, 0.29) is 6.61 Å². The molecule has 1 aromatic carbocycles. The maximum absolute atomic E-state index is 11.7. The zero-order chi connectivity index (χ0) is 14.3. The van der Waals surface area contributed by atoms with Gasteiger partial charge in [-0.15, -0.1) is 0 Å². The van der Waals surface area contributed by atoms with Gasteiger partial charge in [0.2, 0.25) is 0 Å². The SMILES string of the molecule is CCNC(=O)NC(=O)C(C)Oc1ccccc1CO. The van der Waals surface area contributed by atoms with Crippen molar-refractivity contribution in [3.8, 4) is 5.75 Å². The first-order valence-corrected chi connectivity index (χ1v) is 6.02. The maximum Gasteiger partial charge on any atom is 0.321 e. The van der Waals surface area contributed by atoms with Gasteiger partial charge in [0.15, 0.2) is 6.10 Å². The van der Waals surface area contributed by atoms with Gasteiger partial charge in [0.25, 0.3) is 5.91 Å². The Kier molecular flexibility index (Phi) is 5.81. The maximum atomic E-state index is 11.7. The van der Waals surface area contributed by atoms with Crippen LogP contribution in [0.15, 0.2) is 24.3 Å². The van der Waals surface area contributed by atoms with Crippen molar-refractivity contribution in [2.75, 3.05) is 6.54 Å². The summed E-state index contributed by atoms with van der Waals surface area (Å²) in [5.41, 5.74) is 0.583. The summed E-state index contributed by atoms with van der Waals surface area (Å²) < 4.78 is 5.43. The highest BCUT2D eigenvalue weighted by molar-refractivity contribution is 5.96. The number of urea groups is 1. The molecule has 0 bridgehead atoms. The van der Waals surface area contributed by atoms with E-state index in [0.717, 1.165) is 0 Å². The molecule has 6 heteroatoms. The number of benzene rings is 1. The van der Waals surface area contributed by atoms with Crippen molar-refractivity contribution in [1.29, 1.82) is 0 Å². The van der Waals surface area contributed by atoms with Crippen LogP contribution in [0.2, 0.25) is 0 Å². The van der Waals surface area contributed by atoms with E-state index < -0.39 is 18.0 Å². The highest BCUT2D eigenvalue weighted by Crippen LogP contribution is 2.19. The van der Waals surface area contributed by atoms with Crippen molar-refractivity contribution in [1.82, 2.24) is 10.6 Å². The number of para-hydroxylation sites is 1. The van der Waals surface area contributed by atoms with Gasteiger partial charge >= 0.3 is 6.03 Å². The fraction of sp³-hybridized carbons (Fsp3) is 0.385. The lowest BCUT2D eigenvalue weighted by molar-refractivity contribution is -0.126. The van der Waals surface area contributed by atoms with Crippen LogP contribution in [0.4, 0.5) is 4.79 Å². The molecule has 19 heavy (non-hydrogen) atoms. The fourth-order valence-electron chi connectivity index (χ4n) is 1.41. The molecular weight excluding hydrogens is 248 g/mol. The summed E-state index contributed by atoms with van der Waals surface area (Å²) >= 11 is 0. The van der Waals surface area contributed by atoms with Crippen LogP contribution in [-0.4, -0.2) is 29.7 Å². The number of rotatable bonds is 5. The van der Waals surface area contributed by atoms with Crippen molar-refractivity contribution in [2.24, 2.45) is 0 Å². The van der Waals surface area contributed by atoms with Crippen LogP contribution >= 0.6 is 0 Å². The Morgan fingerprint density at radius 2 is 2.05 bits per heavy atom. The van der Waals surface area contributed by atoms with E-state index >= 15 is 0 Å². The summed E-state index contributed by atoms with van der Waals surface area (Å²) in [5.74, 6) is -0.123. The molecule has 3 amide bonds. The Morgan fingerprint density at radius 1 is 1.37 bits per heavy atom. The molecule has 3 N–H and O–H groups in total. The van der Waals surface area contributed by atoms with Crippen LogP contribution in [0.1, 0.15) is 19.4 Å². The number of hydrogen-bond donors (Lipinski definition) is 3. The number of hydrogen-bond acceptors (Lipinski definition) is 4. The van der Waals surface area contributed by atoms with Gasteiger partial charge in [-0.1, -0.05) is 18.2 Å². The van der Waals surface area contributed by atoms with E-state index in [1.807, 2.05) is 0 Å². The quantitative estimate of drug-likeness (QED) is 0.735. The predicted molar refractivity (Wildman–Crippen MR) is 69.7 cm³/mol. The molecule has 0 radical (unpaired) electrons. The lowest BCUT2D eigenvalue weighted by atomic mass is 10.2. The zero-order valence-electron chi connectivity index (χ0n) is 11.0. The largest absolute Gasteiger partial charge is 0.481 e. The minimum Gasteiger partial charge on any atom is -0.481 e. The first-order chi connectivity index (χ1) is 9.08. The molecule has 0 aliphatic rings. The third-order valence-electron chi connectivity index (χ3n) is 2.39. The molecule has 0 saturated carbocycles. The number of amides is 3. The number of carbonyl (C=O) groups is 2. The minimum absolute atomic E-state index is 0.180. The van der Waals surface area contributed by atoms with Crippen molar-refractivity contribution in [2.45, 2.75) is 26.6 Å². The van der Waals surface area contributed by atoms with Crippen molar-refractivity contribution in [3.05, 3.63) is 29.8 Å². The van der Waals surface area contributed by atoms with Crippen LogP contribution in [-0.2, 0) is 11.4 Å². The van der Waals surface area contributed by atoms with E-state index in [4.69, 9.17) is 9.84 Å². The molecule has 0 aromatic heterocycles. The molecule has 6 nitrogen and oxygen atoms in total. The highest BCUT2D eigenvalue weighted by atomic mass is 16.5. The average Bonchev–Trinajstić information content (AvgIpc) is 2.39. The van der Waals surface area contributed by atoms with Gasteiger partial charge in [-0.3, -0.25) is 10.1 Å². The van der Waals surface area contributed by atoms with Crippen LogP contribution in [0, 0.1) is 0 Å². The van der Waals surface area contributed by atoms with Crippen molar-refractivity contribution < 1.29 is 19.4 Å². The van der Waals surface area contributed by atoms with Crippen LogP contribution in [0.3, 0.4) is 0 Å². The Labute approximate surface area is 111 Å². The monoisotopic (exact) mass is 266 g/mol. The number of aliphatic hydroxyl groups excluding tert-OH is 1. The fourth-order valence-corrected chi connectivity index (χ4v) is 1.41. The molecule has 1 unspecified atom stereocenters. The highest BCUT2D eigenvalue weighted by Gasteiger charge is 2.18. The number of nitrogens with one attached hydrogen (secondary N) is 2. The van der Waals surface area contributed by atoms with Crippen molar-refractivity contribution in [3.63, 3.8) is 0 Å². The topological polar surface area (TPSA) is 87.7 Å². The van der Waals surface area contributed by atoms with E-state index in [9.17, 15) is 9.59 Å². The summed E-state index contributed by atoms with van der Waals surface area (Å²) in [7, 11) is 0. The molecule has 0 fully saturated rings. The summed E-state index contributed by atoms with van der Waals surface area (Å²) in [4.78, 5) is 22.9. The molecule has 0 heterocycles. The van der Waals surface area contributed by atoms with Gasteiger partial charge in [0.05, 0.1) is 6.61 Å². The Balaban J connectivity index is 2.61. The first-order valence-electron chi connectivity index (χ1n) is 6.02. The summed E-state index contributed by atoms with van der Waals surface area (Å²) in [6, 6.07) is 6.30. The van der Waals surface area contributed by atoms with Crippen LogP contribution < -0.4 is 15.4 Å². The summed E-state index contributed by atoms with van der Waals surface area (Å²) in [5, 5.41) is 13.8. The number of ether oxygens (including phenoxy) is 1. The van der Waals surface area contributed by atoms with Crippen molar-refractivity contribution >= 4 is 11.9 Å². The normalized spacial score (nSPS) is 11.5. The third kappa shape index (κ3) is 4.59. The molecule has 0 aliphatic carbocycles. The summed E-state index contributed by atoms with van der Waals surface area (Å²) in [6.07, 6.45) is -0.838.